The Morgan fingerprint density at radius 2 is 2.17 bits per heavy atom. The number of methoxy groups -OCH3 is 1. The number of hydrogen-bond acceptors (Lipinski definition) is 7. The molecule has 3 heterocycles. The lowest BCUT2D eigenvalue weighted by Gasteiger charge is -2.37. The van der Waals surface area contributed by atoms with Gasteiger partial charge in [0, 0.05) is 16.4 Å². The Bertz CT molecular complexity index is 917. The van der Waals surface area contributed by atoms with Crippen LogP contribution < -0.4 is 14.3 Å². The van der Waals surface area contributed by atoms with Gasteiger partial charge in [0.2, 0.25) is 0 Å². The lowest BCUT2D eigenvalue weighted by molar-refractivity contribution is -0.147. The number of rotatable bonds is 2. The van der Waals surface area contributed by atoms with Crippen LogP contribution in [-0.4, -0.2) is 34.4 Å². The van der Waals surface area contributed by atoms with E-state index in [4.69, 9.17) is 9.47 Å². The van der Waals surface area contributed by atoms with Crippen molar-refractivity contribution >= 4 is 35.0 Å². The molecule has 0 unspecified atom stereocenters. The first kappa shape index (κ1) is 15.3. The molecule has 2 N–H and O–H groups in total. The summed E-state index contributed by atoms with van der Waals surface area (Å²) >= 11 is 1.98. The fourth-order valence-electron chi connectivity index (χ4n) is 3.17. The zero-order valence-electron chi connectivity index (χ0n) is 12.3. The molecule has 9 heteroatoms. The van der Waals surface area contributed by atoms with Gasteiger partial charge in [-0.1, -0.05) is 35.2 Å². The van der Waals surface area contributed by atoms with Gasteiger partial charge in [0.1, 0.15) is 5.25 Å². The standard InChI is InChI=1S/C15H11NO6S2/c1-21-6-4-2-3-5-7-8(14(19)22-9(5)6)11(13(17)18)23-12-10(7)24-15(20)16-12/h2-4,7-8,11H,1H3,(H,16,20)(H,17,18)/t7-,8+,11+/m1/s1. The maximum atomic E-state index is 12.6. The van der Waals surface area contributed by atoms with Crippen molar-refractivity contribution in [2.45, 2.75) is 16.2 Å². The van der Waals surface area contributed by atoms with E-state index in [1.807, 2.05) is 0 Å². The van der Waals surface area contributed by atoms with Crippen LogP contribution in [0.15, 0.2) is 28.0 Å². The van der Waals surface area contributed by atoms with Gasteiger partial charge in [0.05, 0.1) is 18.1 Å². The van der Waals surface area contributed by atoms with Crippen molar-refractivity contribution in [3.8, 4) is 11.5 Å². The lowest BCUT2D eigenvalue weighted by atomic mass is 9.80. The second-order valence-corrected chi connectivity index (χ2v) is 7.55. The summed E-state index contributed by atoms with van der Waals surface area (Å²) in [6, 6.07) is 5.19. The van der Waals surface area contributed by atoms with E-state index in [0.29, 0.717) is 21.2 Å². The molecule has 4 rings (SSSR count). The molecule has 0 saturated carbocycles. The van der Waals surface area contributed by atoms with Gasteiger partial charge >= 0.3 is 16.8 Å². The minimum absolute atomic E-state index is 0.277. The van der Waals surface area contributed by atoms with Crippen molar-refractivity contribution in [2.75, 3.05) is 7.11 Å². The minimum Gasteiger partial charge on any atom is -0.493 e. The Labute approximate surface area is 143 Å². The largest absolute Gasteiger partial charge is 0.493 e. The van der Waals surface area contributed by atoms with Gasteiger partial charge in [-0.05, 0) is 6.07 Å². The number of benzene rings is 1. The predicted molar refractivity (Wildman–Crippen MR) is 86.2 cm³/mol. The number of hydrogen-bond donors (Lipinski definition) is 2. The molecule has 24 heavy (non-hydrogen) atoms. The fraction of sp³-hybridized carbons (Fsp3) is 0.267. The van der Waals surface area contributed by atoms with Crippen LogP contribution in [0.25, 0.3) is 0 Å². The van der Waals surface area contributed by atoms with Crippen molar-refractivity contribution in [3.05, 3.63) is 38.3 Å². The van der Waals surface area contributed by atoms with Gasteiger partial charge in [-0.2, -0.15) is 0 Å². The summed E-state index contributed by atoms with van der Waals surface area (Å²) in [6.45, 7) is 0. The maximum absolute atomic E-state index is 12.6. The quantitative estimate of drug-likeness (QED) is 0.616. The molecule has 7 nitrogen and oxygen atoms in total. The van der Waals surface area contributed by atoms with Crippen LogP contribution >= 0.6 is 23.1 Å². The maximum Gasteiger partial charge on any atom is 0.317 e. The Morgan fingerprint density at radius 3 is 2.88 bits per heavy atom. The number of esters is 1. The molecule has 3 atom stereocenters. The van der Waals surface area contributed by atoms with E-state index in [0.717, 1.165) is 23.1 Å². The normalized spacial score (nSPS) is 24.4. The average molecular weight is 365 g/mol. The van der Waals surface area contributed by atoms with Gasteiger partial charge in [0.15, 0.2) is 11.5 Å². The smallest absolute Gasteiger partial charge is 0.317 e. The summed E-state index contributed by atoms with van der Waals surface area (Å²) in [6.07, 6.45) is 0. The van der Waals surface area contributed by atoms with E-state index in [1.165, 1.54) is 7.11 Å². The number of carboxylic acid groups (broad SMARTS) is 1. The Hall–Kier alpha value is -2.26. The number of ether oxygens (including phenoxy) is 2. The van der Waals surface area contributed by atoms with Crippen LogP contribution in [-0.2, 0) is 9.59 Å². The summed E-state index contributed by atoms with van der Waals surface area (Å²) in [5.41, 5.74) is 0.655. The van der Waals surface area contributed by atoms with Gasteiger partial charge in [-0.3, -0.25) is 14.4 Å². The molecule has 124 valence electrons. The summed E-state index contributed by atoms with van der Waals surface area (Å²) in [4.78, 5) is 39.1. The number of thiazole rings is 1. The summed E-state index contributed by atoms with van der Waals surface area (Å²) < 4.78 is 10.6. The molecular weight excluding hydrogens is 354 g/mol. The molecule has 0 radical (unpaired) electrons. The van der Waals surface area contributed by atoms with Crippen molar-refractivity contribution < 1.29 is 24.2 Å². The minimum atomic E-state index is -1.11. The van der Waals surface area contributed by atoms with E-state index in [1.54, 1.807) is 18.2 Å². The number of carbonyl (C=O) groups is 2. The van der Waals surface area contributed by atoms with E-state index in [2.05, 4.69) is 4.98 Å². The Kier molecular flexibility index (Phi) is 3.43. The zero-order valence-corrected chi connectivity index (χ0v) is 13.9. The van der Waals surface area contributed by atoms with Crippen LogP contribution in [0.3, 0.4) is 0 Å². The van der Waals surface area contributed by atoms with E-state index in [-0.39, 0.29) is 10.6 Å². The third-order valence-corrected chi connectivity index (χ3v) is 6.54. The van der Waals surface area contributed by atoms with Gasteiger partial charge in [-0.15, -0.1) is 0 Å². The number of aromatic nitrogens is 1. The molecule has 0 spiro atoms. The average Bonchev–Trinajstić information content (AvgIpc) is 2.93. The summed E-state index contributed by atoms with van der Waals surface area (Å²) in [7, 11) is 1.46. The molecular formula is C15H11NO6S2. The molecule has 2 aliphatic rings. The number of carboxylic acids is 1. The van der Waals surface area contributed by atoms with Crippen molar-refractivity contribution in [2.24, 2.45) is 5.92 Å². The van der Waals surface area contributed by atoms with Crippen LogP contribution in [0.4, 0.5) is 0 Å². The highest BCUT2D eigenvalue weighted by Gasteiger charge is 2.52. The molecule has 0 fully saturated rings. The van der Waals surface area contributed by atoms with Crippen LogP contribution in [0.1, 0.15) is 16.4 Å². The highest BCUT2D eigenvalue weighted by Crippen LogP contribution is 2.55. The number of aliphatic carboxylic acids is 1. The molecule has 1 aromatic carbocycles. The van der Waals surface area contributed by atoms with Crippen molar-refractivity contribution in [1.82, 2.24) is 4.98 Å². The van der Waals surface area contributed by atoms with Crippen LogP contribution in [0, 0.1) is 5.92 Å². The van der Waals surface area contributed by atoms with E-state index in [9.17, 15) is 19.5 Å². The Morgan fingerprint density at radius 1 is 1.38 bits per heavy atom. The number of para-hydroxylation sites is 1. The lowest BCUT2D eigenvalue weighted by Crippen LogP contribution is -2.44. The van der Waals surface area contributed by atoms with Gasteiger partial charge in [-0.25, -0.2) is 0 Å². The number of nitrogens with one attached hydrogen (secondary N) is 1. The number of fused-ring (bicyclic) bond motifs is 5. The molecule has 1 aromatic heterocycles. The van der Waals surface area contributed by atoms with Crippen molar-refractivity contribution in [3.63, 3.8) is 0 Å². The number of aromatic amines is 1. The second-order valence-electron chi connectivity index (χ2n) is 5.39. The molecule has 0 aliphatic carbocycles. The predicted octanol–water partition coefficient (Wildman–Crippen LogP) is 1.67. The second kappa shape index (κ2) is 5.38. The first-order chi connectivity index (χ1) is 11.5. The third-order valence-electron chi connectivity index (χ3n) is 4.14. The number of carbonyl (C=O) groups excluding carboxylic acids is 1. The molecule has 2 aliphatic heterocycles. The van der Waals surface area contributed by atoms with E-state index < -0.39 is 29.0 Å². The van der Waals surface area contributed by atoms with E-state index >= 15 is 0 Å². The molecule has 2 aromatic rings. The monoisotopic (exact) mass is 365 g/mol. The first-order valence-corrected chi connectivity index (χ1v) is 8.72. The zero-order chi connectivity index (χ0) is 17.0. The molecule has 0 saturated heterocycles. The topological polar surface area (TPSA) is 106 Å². The third kappa shape index (κ3) is 2.08. The molecule has 0 bridgehead atoms. The van der Waals surface area contributed by atoms with Crippen molar-refractivity contribution in [1.29, 1.82) is 0 Å². The molecule has 0 amide bonds. The summed E-state index contributed by atoms with van der Waals surface area (Å²) in [5, 5.41) is 9.01. The van der Waals surface area contributed by atoms with Crippen LogP contribution in [0.2, 0.25) is 0 Å². The number of thioether (sulfide) groups is 1. The SMILES string of the molecule is COc1cccc2c1OC(=O)[C@H]1[C@@H]2c2sc(=O)[nH]c2S[C@@H]1C(=O)O. The van der Waals surface area contributed by atoms with Gasteiger partial charge in [0.25, 0.3) is 0 Å². The van der Waals surface area contributed by atoms with Gasteiger partial charge < -0.3 is 19.6 Å². The Balaban J connectivity index is 1.99. The fourth-order valence-corrected chi connectivity index (χ4v) is 5.57. The highest BCUT2D eigenvalue weighted by molar-refractivity contribution is 8.00. The number of H-pyrrole nitrogens is 1. The highest BCUT2D eigenvalue weighted by atomic mass is 32.2. The van der Waals surface area contributed by atoms with Crippen LogP contribution in [0.5, 0.6) is 11.5 Å². The first-order valence-electron chi connectivity index (χ1n) is 7.02. The summed E-state index contributed by atoms with van der Waals surface area (Å²) in [5.74, 6) is -2.49.